The van der Waals surface area contributed by atoms with Gasteiger partial charge in [0.15, 0.2) is 5.78 Å². The summed E-state index contributed by atoms with van der Waals surface area (Å²) < 4.78 is 5.17. The number of ketones is 1. The zero-order valence-corrected chi connectivity index (χ0v) is 12.6. The average Bonchev–Trinajstić information content (AvgIpc) is 3.13. The number of carbonyl (C=O) groups is 1. The third kappa shape index (κ3) is 3.95. The molecule has 112 valence electrons. The van der Waals surface area contributed by atoms with Gasteiger partial charge in [-0.1, -0.05) is 66.7 Å². The quantitative estimate of drug-likeness (QED) is 0.359. The van der Waals surface area contributed by atoms with Crippen LogP contribution in [0.4, 0.5) is 0 Å². The molecule has 3 rings (SSSR count). The second kappa shape index (κ2) is 7.23. The summed E-state index contributed by atoms with van der Waals surface area (Å²) in [5.74, 6) is 0.739. The van der Waals surface area contributed by atoms with E-state index >= 15 is 0 Å². The molecule has 0 saturated carbocycles. The second-order valence-corrected chi connectivity index (χ2v) is 5.04. The van der Waals surface area contributed by atoms with Crippen LogP contribution in [0.2, 0.25) is 0 Å². The summed E-state index contributed by atoms with van der Waals surface area (Å²) >= 11 is 0. The Morgan fingerprint density at radius 2 is 1.52 bits per heavy atom. The average molecular weight is 300 g/mol. The van der Waals surface area contributed by atoms with Crippen molar-refractivity contribution in [2.45, 2.75) is 0 Å². The Bertz CT molecular complexity index is 808. The van der Waals surface area contributed by atoms with Gasteiger partial charge in [-0.15, -0.1) is 0 Å². The summed E-state index contributed by atoms with van der Waals surface area (Å²) in [5, 5.41) is 0. The van der Waals surface area contributed by atoms with Crippen molar-refractivity contribution >= 4 is 11.9 Å². The smallest absolute Gasteiger partial charge is 0.185 e. The van der Waals surface area contributed by atoms with E-state index in [1.54, 1.807) is 24.5 Å². The van der Waals surface area contributed by atoms with E-state index in [9.17, 15) is 4.79 Å². The van der Waals surface area contributed by atoms with Crippen LogP contribution in [0.5, 0.6) is 0 Å². The Morgan fingerprint density at radius 1 is 0.783 bits per heavy atom. The number of carbonyl (C=O) groups excluding carboxylic acids is 1. The van der Waals surface area contributed by atoms with Crippen molar-refractivity contribution in [2.75, 3.05) is 0 Å². The molecular formula is C21H16O2. The van der Waals surface area contributed by atoms with Gasteiger partial charge in [-0.2, -0.15) is 0 Å². The summed E-state index contributed by atoms with van der Waals surface area (Å²) in [7, 11) is 0. The van der Waals surface area contributed by atoms with Gasteiger partial charge in [0.1, 0.15) is 5.76 Å². The molecule has 0 radical (unpaired) electrons. The second-order valence-electron chi connectivity index (χ2n) is 5.04. The van der Waals surface area contributed by atoms with Gasteiger partial charge in [0.2, 0.25) is 0 Å². The minimum atomic E-state index is -0.0197. The fraction of sp³-hybridized carbons (Fsp3) is 0. The molecule has 0 bridgehead atoms. The van der Waals surface area contributed by atoms with Gasteiger partial charge in [-0.25, -0.2) is 0 Å². The Kier molecular flexibility index (Phi) is 4.65. The van der Waals surface area contributed by atoms with Crippen LogP contribution in [0.15, 0.2) is 95.6 Å². The van der Waals surface area contributed by atoms with Crippen LogP contribution in [0.1, 0.15) is 16.1 Å². The van der Waals surface area contributed by atoms with Crippen molar-refractivity contribution in [2.24, 2.45) is 0 Å². The van der Waals surface area contributed by atoms with Gasteiger partial charge >= 0.3 is 0 Å². The largest absolute Gasteiger partial charge is 0.465 e. The third-order valence-corrected chi connectivity index (χ3v) is 3.44. The molecule has 2 nitrogen and oxygen atoms in total. The molecule has 1 aromatic heterocycles. The molecule has 23 heavy (non-hydrogen) atoms. The monoisotopic (exact) mass is 300 g/mol. The molecule has 2 heteroatoms. The highest BCUT2D eigenvalue weighted by atomic mass is 16.3. The third-order valence-electron chi connectivity index (χ3n) is 3.44. The molecule has 0 unspecified atom stereocenters. The number of hydrogen-bond donors (Lipinski definition) is 0. The summed E-state index contributed by atoms with van der Waals surface area (Å²) in [5.41, 5.74) is 2.92. The van der Waals surface area contributed by atoms with Crippen molar-refractivity contribution in [3.8, 4) is 11.1 Å². The molecule has 0 aliphatic carbocycles. The first-order valence-corrected chi connectivity index (χ1v) is 7.41. The Hall–Kier alpha value is -3.13. The van der Waals surface area contributed by atoms with Gasteiger partial charge in [0, 0.05) is 5.56 Å². The maximum Gasteiger partial charge on any atom is 0.185 e. The first-order valence-electron chi connectivity index (χ1n) is 7.41. The summed E-state index contributed by atoms with van der Waals surface area (Å²) in [6.45, 7) is 0. The van der Waals surface area contributed by atoms with Crippen LogP contribution in [-0.4, -0.2) is 5.78 Å². The van der Waals surface area contributed by atoms with E-state index in [-0.39, 0.29) is 5.78 Å². The van der Waals surface area contributed by atoms with Crippen molar-refractivity contribution in [1.82, 2.24) is 0 Å². The minimum Gasteiger partial charge on any atom is -0.465 e. The van der Waals surface area contributed by atoms with Crippen LogP contribution in [0.3, 0.4) is 0 Å². The van der Waals surface area contributed by atoms with Crippen molar-refractivity contribution in [3.63, 3.8) is 0 Å². The molecule has 3 aromatic rings. The highest BCUT2D eigenvalue weighted by Crippen LogP contribution is 2.19. The standard InChI is InChI=1S/C21H16O2/c22-21(11-5-4-9-20-10-6-16-23-20)19-14-12-18(13-15-19)17-7-2-1-3-8-17/h1-16H. The van der Waals surface area contributed by atoms with Crippen molar-refractivity contribution < 1.29 is 9.21 Å². The summed E-state index contributed by atoms with van der Waals surface area (Å²) in [4.78, 5) is 12.1. The number of allylic oxidation sites excluding steroid dienone is 3. The van der Waals surface area contributed by atoms with Gasteiger partial charge in [0.05, 0.1) is 6.26 Å². The molecule has 0 aliphatic heterocycles. The number of furan rings is 1. The molecule has 0 saturated heterocycles. The topological polar surface area (TPSA) is 30.2 Å². The van der Waals surface area contributed by atoms with Gasteiger partial charge in [0.25, 0.3) is 0 Å². The molecule has 0 fully saturated rings. The zero-order valence-electron chi connectivity index (χ0n) is 12.6. The predicted molar refractivity (Wildman–Crippen MR) is 93.1 cm³/mol. The maximum atomic E-state index is 12.1. The molecule has 0 atom stereocenters. The van der Waals surface area contributed by atoms with Gasteiger partial charge < -0.3 is 4.42 Å². The molecule has 2 aromatic carbocycles. The zero-order chi connectivity index (χ0) is 15.9. The minimum absolute atomic E-state index is 0.0197. The lowest BCUT2D eigenvalue weighted by molar-refractivity contribution is 0.104. The Balaban J connectivity index is 1.66. The van der Waals surface area contributed by atoms with E-state index < -0.39 is 0 Å². The number of rotatable bonds is 5. The van der Waals surface area contributed by atoms with E-state index in [4.69, 9.17) is 4.42 Å². The summed E-state index contributed by atoms with van der Waals surface area (Å²) in [6.07, 6.45) is 8.48. The van der Waals surface area contributed by atoms with Crippen molar-refractivity contribution in [1.29, 1.82) is 0 Å². The normalized spacial score (nSPS) is 11.3. The highest BCUT2D eigenvalue weighted by molar-refractivity contribution is 6.04. The van der Waals surface area contributed by atoms with Crippen LogP contribution >= 0.6 is 0 Å². The highest BCUT2D eigenvalue weighted by Gasteiger charge is 2.02. The molecule has 0 N–H and O–H groups in total. The van der Waals surface area contributed by atoms with E-state index in [0.717, 1.165) is 16.9 Å². The molecule has 1 heterocycles. The first-order chi connectivity index (χ1) is 11.3. The Morgan fingerprint density at radius 3 is 2.22 bits per heavy atom. The van der Waals surface area contributed by atoms with Crippen LogP contribution in [0, 0.1) is 0 Å². The van der Waals surface area contributed by atoms with Crippen molar-refractivity contribution in [3.05, 3.63) is 103 Å². The van der Waals surface area contributed by atoms with Crippen LogP contribution in [0.25, 0.3) is 17.2 Å². The maximum absolute atomic E-state index is 12.1. The lowest BCUT2D eigenvalue weighted by Gasteiger charge is -2.02. The Labute approximate surface area is 135 Å². The van der Waals surface area contributed by atoms with E-state index in [2.05, 4.69) is 12.1 Å². The first kappa shape index (κ1) is 14.8. The lowest BCUT2D eigenvalue weighted by atomic mass is 10.0. The molecule has 0 spiro atoms. The predicted octanol–water partition coefficient (Wildman–Crippen LogP) is 5.40. The fourth-order valence-electron chi connectivity index (χ4n) is 2.23. The summed E-state index contributed by atoms with van der Waals surface area (Å²) in [6, 6.07) is 21.4. The fourth-order valence-corrected chi connectivity index (χ4v) is 2.23. The van der Waals surface area contributed by atoms with Gasteiger partial charge in [-0.3, -0.25) is 4.79 Å². The lowest BCUT2D eigenvalue weighted by Crippen LogP contribution is -1.93. The van der Waals surface area contributed by atoms with E-state index in [1.165, 1.54) is 0 Å². The number of hydrogen-bond acceptors (Lipinski definition) is 2. The van der Waals surface area contributed by atoms with Crippen LogP contribution in [-0.2, 0) is 0 Å². The van der Waals surface area contributed by atoms with E-state index in [0.29, 0.717) is 5.56 Å². The number of benzene rings is 2. The van der Waals surface area contributed by atoms with Gasteiger partial charge in [-0.05, 0) is 35.4 Å². The molecular weight excluding hydrogens is 284 g/mol. The SMILES string of the molecule is O=C(C=CC=Cc1ccco1)c1ccc(-c2ccccc2)cc1. The molecule has 0 aliphatic rings. The van der Waals surface area contributed by atoms with E-state index in [1.807, 2.05) is 60.7 Å². The van der Waals surface area contributed by atoms with Crippen LogP contribution < -0.4 is 0 Å². The molecule has 0 amide bonds.